The van der Waals surface area contributed by atoms with E-state index in [9.17, 15) is 13.6 Å². The van der Waals surface area contributed by atoms with Gasteiger partial charge in [0, 0.05) is 13.0 Å². The molecule has 1 radical (unpaired) electrons. The molecule has 0 aromatic carbocycles. The Kier molecular flexibility index (Phi) is 1.99. The summed E-state index contributed by atoms with van der Waals surface area (Å²) in [4.78, 5) is 11.2. The summed E-state index contributed by atoms with van der Waals surface area (Å²) in [6, 6.07) is 0. The van der Waals surface area contributed by atoms with Crippen molar-refractivity contribution in [1.82, 2.24) is 4.90 Å². The molecule has 2 nitrogen and oxygen atoms in total. The SMILES string of the molecule is O=CC[CH]N1CC(F)(F)C1. The lowest BCUT2D eigenvalue weighted by molar-refractivity contribution is -0.122. The number of likely N-dealkylation sites (tertiary alicyclic amines) is 1. The average Bonchev–Trinajstić information content (AvgIpc) is 1.78. The minimum Gasteiger partial charge on any atom is -0.303 e. The third-order valence-electron chi connectivity index (χ3n) is 1.33. The van der Waals surface area contributed by atoms with Crippen LogP contribution in [0.5, 0.6) is 0 Å². The average molecular weight is 148 g/mol. The molecule has 0 atom stereocenters. The Morgan fingerprint density at radius 3 is 2.50 bits per heavy atom. The van der Waals surface area contributed by atoms with Crippen molar-refractivity contribution in [1.29, 1.82) is 0 Å². The largest absolute Gasteiger partial charge is 0.303 e. The van der Waals surface area contributed by atoms with E-state index in [0.29, 0.717) is 6.29 Å². The molecule has 1 rings (SSSR count). The number of carbonyl (C=O) groups excluding carboxylic acids is 1. The van der Waals surface area contributed by atoms with Gasteiger partial charge < -0.3 is 4.79 Å². The smallest absolute Gasteiger partial charge is 0.272 e. The van der Waals surface area contributed by atoms with Crippen LogP contribution in [0.15, 0.2) is 0 Å². The van der Waals surface area contributed by atoms with Crippen LogP contribution in [0.1, 0.15) is 6.42 Å². The quantitative estimate of drug-likeness (QED) is 0.549. The van der Waals surface area contributed by atoms with E-state index >= 15 is 0 Å². The Bertz CT molecular complexity index is 130. The first kappa shape index (κ1) is 7.60. The van der Waals surface area contributed by atoms with Crippen LogP contribution in [-0.4, -0.2) is 30.2 Å². The lowest BCUT2D eigenvalue weighted by Crippen LogP contribution is -2.54. The lowest BCUT2D eigenvalue weighted by Gasteiger charge is -2.37. The van der Waals surface area contributed by atoms with E-state index < -0.39 is 5.92 Å². The van der Waals surface area contributed by atoms with E-state index in [0.717, 1.165) is 0 Å². The summed E-state index contributed by atoms with van der Waals surface area (Å²) in [5.74, 6) is -2.53. The zero-order chi connectivity index (χ0) is 7.61. The van der Waals surface area contributed by atoms with E-state index in [1.165, 1.54) is 11.4 Å². The number of rotatable bonds is 3. The number of halogens is 2. The topological polar surface area (TPSA) is 20.3 Å². The number of nitrogens with zero attached hydrogens (tertiary/aromatic N) is 1. The fourth-order valence-electron chi connectivity index (χ4n) is 0.869. The molecule has 0 aromatic heterocycles. The molecule has 1 saturated heterocycles. The minimum atomic E-state index is -2.53. The van der Waals surface area contributed by atoms with Crippen LogP contribution in [0.3, 0.4) is 0 Å². The molecule has 0 N–H and O–H groups in total. The van der Waals surface area contributed by atoms with Crippen LogP contribution < -0.4 is 0 Å². The maximum absolute atomic E-state index is 12.1. The highest BCUT2D eigenvalue weighted by atomic mass is 19.3. The Hall–Kier alpha value is -0.510. The van der Waals surface area contributed by atoms with Crippen LogP contribution in [0.2, 0.25) is 0 Å². The molecule has 0 aromatic rings. The highest BCUT2D eigenvalue weighted by molar-refractivity contribution is 5.50. The van der Waals surface area contributed by atoms with Gasteiger partial charge >= 0.3 is 0 Å². The normalized spacial score (nSPS) is 23.8. The van der Waals surface area contributed by atoms with Crippen LogP contribution in [-0.2, 0) is 4.79 Å². The third kappa shape index (κ3) is 1.73. The first-order valence-electron chi connectivity index (χ1n) is 3.03. The number of alkyl halides is 2. The number of hydrogen-bond donors (Lipinski definition) is 0. The summed E-state index contributed by atoms with van der Waals surface area (Å²) in [6.45, 7) is 1.02. The van der Waals surface area contributed by atoms with Crippen LogP contribution in [0.25, 0.3) is 0 Å². The Morgan fingerprint density at radius 1 is 1.50 bits per heavy atom. The van der Waals surface area contributed by atoms with Gasteiger partial charge in [-0.3, -0.25) is 4.90 Å². The number of aldehydes is 1. The molecule has 1 aliphatic heterocycles. The highest BCUT2D eigenvalue weighted by Gasteiger charge is 2.43. The van der Waals surface area contributed by atoms with Gasteiger partial charge in [0.25, 0.3) is 5.92 Å². The molecular formula is C6H8F2NO. The van der Waals surface area contributed by atoms with Gasteiger partial charge in [-0.15, -0.1) is 0 Å². The summed E-state index contributed by atoms with van der Waals surface area (Å²) in [5.41, 5.74) is 0. The van der Waals surface area contributed by atoms with Crippen molar-refractivity contribution in [2.75, 3.05) is 13.1 Å². The lowest BCUT2D eigenvalue weighted by atomic mass is 10.1. The molecule has 10 heavy (non-hydrogen) atoms. The summed E-state index contributed by atoms with van der Waals surface area (Å²) >= 11 is 0. The summed E-state index contributed by atoms with van der Waals surface area (Å²) in [7, 11) is 0. The van der Waals surface area contributed by atoms with E-state index in [-0.39, 0.29) is 19.5 Å². The fourth-order valence-corrected chi connectivity index (χ4v) is 0.869. The zero-order valence-corrected chi connectivity index (χ0v) is 5.39. The molecule has 57 valence electrons. The maximum atomic E-state index is 12.1. The first-order valence-corrected chi connectivity index (χ1v) is 3.03. The van der Waals surface area contributed by atoms with Crippen LogP contribution >= 0.6 is 0 Å². The molecule has 1 heterocycles. The van der Waals surface area contributed by atoms with E-state index in [1.54, 1.807) is 0 Å². The van der Waals surface area contributed by atoms with Crippen molar-refractivity contribution in [3.05, 3.63) is 6.54 Å². The van der Waals surface area contributed by atoms with Crippen molar-refractivity contribution in [2.24, 2.45) is 0 Å². The Balaban J connectivity index is 2.08. The summed E-state index contributed by atoms with van der Waals surface area (Å²) < 4.78 is 24.1. The molecule has 4 heteroatoms. The van der Waals surface area contributed by atoms with Crippen molar-refractivity contribution >= 4 is 6.29 Å². The molecule has 0 aliphatic carbocycles. The first-order chi connectivity index (χ1) is 4.64. The molecular weight excluding hydrogens is 140 g/mol. The fraction of sp³-hybridized carbons (Fsp3) is 0.667. The molecule has 1 aliphatic rings. The molecule has 1 fully saturated rings. The molecule has 0 saturated carbocycles. The Labute approximate surface area is 57.8 Å². The third-order valence-corrected chi connectivity index (χ3v) is 1.33. The molecule has 0 amide bonds. The second-order valence-electron chi connectivity index (χ2n) is 2.35. The van der Waals surface area contributed by atoms with Crippen molar-refractivity contribution < 1.29 is 13.6 Å². The van der Waals surface area contributed by atoms with Crippen molar-refractivity contribution in [3.8, 4) is 0 Å². The monoisotopic (exact) mass is 148 g/mol. The zero-order valence-electron chi connectivity index (χ0n) is 5.39. The van der Waals surface area contributed by atoms with Gasteiger partial charge in [0.1, 0.15) is 6.29 Å². The van der Waals surface area contributed by atoms with Gasteiger partial charge in [0.2, 0.25) is 0 Å². The second kappa shape index (κ2) is 2.62. The maximum Gasteiger partial charge on any atom is 0.272 e. The van der Waals surface area contributed by atoms with Gasteiger partial charge in [-0.05, 0) is 0 Å². The summed E-state index contributed by atoms with van der Waals surface area (Å²) in [6.07, 6.45) is 0.923. The number of carbonyl (C=O) groups is 1. The van der Waals surface area contributed by atoms with Gasteiger partial charge in [-0.25, -0.2) is 8.78 Å². The van der Waals surface area contributed by atoms with Crippen molar-refractivity contribution in [3.63, 3.8) is 0 Å². The Morgan fingerprint density at radius 2 is 2.10 bits per heavy atom. The minimum absolute atomic E-state index is 0.232. The van der Waals surface area contributed by atoms with Gasteiger partial charge in [-0.1, -0.05) is 0 Å². The van der Waals surface area contributed by atoms with Gasteiger partial charge in [0.15, 0.2) is 0 Å². The molecule has 0 spiro atoms. The van der Waals surface area contributed by atoms with Crippen molar-refractivity contribution in [2.45, 2.75) is 12.3 Å². The van der Waals surface area contributed by atoms with Gasteiger partial charge in [-0.2, -0.15) is 0 Å². The van der Waals surface area contributed by atoms with E-state index in [4.69, 9.17) is 0 Å². The molecule has 0 unspecified atom stereocenters. The van der Waals surface area contributed by atoms with Crippen LogP contribution in [0.4, 0.5) is 8.78 Å². The predicted octanol–water partition coefficient (Wildman–Crippen LogP) is 0.688. The van der Waals surface area contributed by atoms with E-state index in [2.05, 4.69) is 0 Å². The number of hydrogen-bond acceptors (Lipinski definition) is 2. The van der Waals surface area contributed by atoms with E-state index in [1.807, 2.05) is 0 Å². The summed E-state index contributed by atoms with van der Waals surface area (Å²) in [5, 5.41) is 0. The van der Waals surface area contributed by atoms with Crippen LogP contribution in [0, 0.1) is 6.54 Å². The highest BCUT2D eigenvalue weighted by Crippen LogP contribution is 2.27. The molecule has 0 bridgehead atoms. The predicted molar refractivity (Wildman–Crippen MR) is 31.5 cm³/mol. The second-order valence-corrected chi connectivity index (χ2v) is 2.35. The standard InChI is InChI=1S/C6H8F2NO/c7-6(8)4-9(5-6)2-1-3-10/h2-3H,1,4-5H2. The van der Waals surface area contributed by atoms with Gasteiger partial charge in [0.05, 0.1) is 13.1 Å².